The Morgan fingerprint density at radius 1 is 1.19 bits per heavy atom. The molecule has 1 aromatic carbocycles. The topological polar surface area (TPSA) is 108 Å². The van der Waals surface area contributed by atoms with Crippen LogP contribution in [0.3, 0.4) is 0 Å². The highest BCUT2D eigenvalue weighted by Gasteiger charge is 2.21. The van der Waals surface area contributed by atoms with Crippen molar-refractivity contribution in [1.82, 2.24) is 0 Å². The molecule has 7 nitrogen and oxygen atoms in total. The van der Waals surface area contributed by atoms with E-state index in [4.69, 9.17) is 15.2 Å². The molecule has 0 unspecified atom stereocenters. The van der Waals surface area contributed by atoms with Crippen LogP contribution >= 0.6 is 11.3 Å². The van der Waals surface area contributed by atoms with Crippen LogP contribution in [0.4, 0.5) is 5.00 Å². The number of thiophene rings is 1. The first-order valence-corrected chi connectivity index (χ1v) is 9.28. The van der Waals surface area contributed by atoms with Crippen molar-refractivity contribution in [1.29, 1.82) is 0 Å². The summed E-state index contributed by atoms with van der Waals surface area (Å²) in [5, 5.41) is 4.50. The first kappa shape index (κ1) is 20.4. The van der Waals surface area contributed by atoms with Gasteiger partial charge in [-0.05, 0) is 42.5 Å². The number of benzene rings is 1. The highest BCUT2D eigenvalue weighted by Crippen LogP contribution is 2.23. The predicted molar refractivity (Wildman–Crippen MR) is 103 cm³/mol. The highest BCUT2D eigenvalue weighted by atomic mass is 32.1. The fourth-order valence-electron chi connectivity index (χ4n) is 2.07. The summed E-state index contributed by atoms with van der Waals surface area (Å²) < 4.78 is 10.8. The monoisotopic (exact) mass is 390 g/mol. The molecule has 2 amide bonds. The lowest BCUT2D eigenvalue weighted by Crippen LogP contribution is -2.30. The molecule has 0 aliphatic heterocycles. The number of primary amides is 1. The Morgan fingerprint density at radius 2 is 1.93 bits per heavy atom. The van der Waals surface area contributed by atoms with E-state index in [-0.39, 0.29) is 11.1 Å². The smallest absolute Gasteiger partial charge is 0.339 e. The standard InChI is InChI=1S/C19H22N2O5S/c1-11(2)10-25-14-6-4-5-13(9-14)19(24)26-12(3)17(23)21-18-15(16(20)22)7-8-27-18/h4-9,11-12H,10H2,1-3H3,(H2,20,22)(H,21,23)/t12-/m1/s1. The number of carbonyl (C=O) groups excluding carboxylic acids is 3. The molecule has 0 fully saturated rings. The van der Waals surface area contributed by atoms with Crippen molar-refractivity contribution < 1.29 is 23.9 Å². The van der Waals surface area contributed by atoms with Gasteiger partial charge in [0, 0.05) is 0 Å². The second kappa shape index (κ2) is 9.18. The quantitative estimate of drug-likeness (QED) is 0.674. The third-order valence-corrected chi connectivity index (χ3v) is 4.30. The van der Waals surface area contributed by atoms with Crippen LogP contribution in [-0.4, -0.2) is 30.5 Å². The maximum Gasteiger partial charge on any atom is 0.339 e. The van der Waals surface area contributed by atoms with E-state index in [2.05, 4.69) is 5.32 Å². The Kier molecular flexibility index (Phi) is 6.95. The van der Waals surface area contributed by atoms with Crippen molar-refractivity contribution >= 4 is 34.1 Å². The number of esters is 1. The minimum atomic E-state index is -1.06. The summed E-state index contributed by atoms with van der Waals surface area (Å²) in [5.74, 6) is -0.935. The maximum atomic E-state index is 12.3. The summed E-state index contributed by atoms with van der Waals surface area (Å²) in [6, 6.07) is 8.10. The molecule has 0 spiro atoms. The molecule has 8 heteroatoms. The zero-order valence-corrected chi connectivity index (χ0v) is 16.2. The second-order valence-corrected chi connectivity index (χ2v) is 7.21. The summed E-state index contributed by atoms with van der Waals surface area (Å²) in [4.78, 5) is 35.8. The second-order valence-electron chi connectivity index (χ2n) is 6.30. The summed E-state index contributed by atoms with van der Waals surface area (Å²) in [7, 11) is 0. The number of ether oxygens (including phenoxy) is 2. The number of amides is 2. The van der Waals surface area contributed by atoms with E-state index in [9.17, 15) is 14.4 Å². The third kappa shape index (κ3) is 5.82. The first-order valence-electron chi connectivity index (χ1n) is 8.40. The first-order chi connectivity index (χ1) is 12.8. The predicted octanol–water partition coefficient (Wildman–Crippen LogP) is 3.07. The lowest BCUT2D eigenvalue weighted by atomic mass is 10.2. The molecule has 0 bridgehead atoms. The SMILES string of the molecule is CC(C)COc1cccc(C(=O)O[C@H](C)C(=O)Nc2sccc2C(N)=O)c1. The summed E-state index contributed by atoms with van der Waals surface area (Å²) in [6.45, 7) is 6.02. The minimum Gasteiger partial charge on any atom is -0.493 e. The van der Waals surface area contributed by atoms with E-state index < -0.39 is 23.9 Å². The normalized spacial score (nSPS) is 11.7. The van der Waals surface area contributed by atoms with Crippen molar-refractivity contribution in [3.05, 3.63) is 46.8 Å². The summed E-state index contributed by atoms with van der Waals surface area (Å²) in [5.41, 5.74) is 5.74. The van der Waals surface area contributed by atoms with Crippen molar-refractivity contribution in [2.45, 2.75) is 26.9 Å². The zero-order chi connectivity index (χ0) is 20.0. The summed E-state index contributed by atoms with van der Waals surface area (Å²) in [6.07, 6.45) is -1.06. The van der Waals surface area contributed by atoms with Crippen LogP contribution < -0.4 is 15.8 Å². The number of anilines is 1. The number of hydrogen-bond donors (Lipinski definition) is 2. The van der Waals surface area contributed by atoms with Crippen LogP contribution in [0.15, 0.2) is 35.7 Å². The van der Waals surface area contributed by atoms with E-state index in [0.717, 1.165) is 11.3 Å². The van der Waals surface area contributed by atoms with Crippen LogP contribution in [0.1, 0.15) is 41.5 Å². The molecule has 0 radical (unpaired) electrons. The van der Waals surface area contributed by atoms with Gasteiger partial charge in [-0.1, -0.05) is 19.9 Å². The van der Waals surface area contributed by atoms with Crippen LogP contribution in [0, 0.1) is 5.92 Å². The molecule has 1 atom stereocenters. The van der Waals surface area contributed by atoms with Gasteiger partial charge in [-0.15, -0.1) is 11.3 Å². The maximum absolute atomic E-state index is 12.3. The van der Waals surface area contributed by atoms with Gasteiger partial charge in [0.2, 0.25) is 0 Å². The molecule has 144 valence electrons. The number of rotatable bonds is 8. The molecule has 1 aromatic heterocycles. The van der Waals surface area contributed by atoms with Gasteiger partial charge in [-0.25, -0.2) is 4.79 Å². The zero-order valence-electron chi connectivity index (χ0n) is 15.4. The average molecular weight is 390 g/mol. The Bertz CT molecular complexity index is 831. The van der Waals surface area contributed by atoms with E-state index in [1.54, 1.807) is 29.6 Å². The van der Waals surface area contributed by atoms with Crippen molar-refractivity contribution in [2.75, 3.05) is 11.9 Å². The number of nitrogens with one attached hydrogen (secondary N) is 1. The van der Waals surface area contributed by atoms with Gasteiger partial charge < -0.3 is 20.5 Å². The fourth-order valence-corrected chi connectivity index (χ4v) is 2.87. The van der Waals surface area contributed by atoms with Gasteiger partial charge in [0.05, 0.1) is 17.7 Å². The van der Waals surface area contributed by atoms with Crippen molar-refractivity contribution in [2.24, 2.45) is 11.7 Å². The Morgan fingerprint density at radius 3 is 2.59 bits per heavy atom. The Hall–Kier alpha value is -2.87. The number of nitrogens with two attached hydrogens (primary N) is 1. The minimum absolute atomic E-state index is 0.210. The summed E-state index contributed by atoms with van der Waals surface area (Å²) >= 11 is 1.16. The van der Waals surface area contributed by atoms with Crippen LogP contribution in [0.2, 0.25) is 0 Å². The van der Waals surface area contributed by atoms with Crippen molar-refractivity contribution in [3.63, 3.8) is 0 Å². The number of carbonyl (C=O) groups is 3. The van der Waals surface area contributed by atoms with Gasteiger partial charge in [-0.3, -0.25) is 9.59 Å². The van der Waals surface area contributed by atoms with Gasteiger partial charge in [0.25, 0.3) is 11.8 Å². The molecule has 0 saturated carbocycles. The highest BCUT2D eigenvalue weighted by molar-refractivity contribution is 7.14. The molecular formula is C19H22N2O5S. The van der Waals surface area contributed by atoms with E-state index in [1.807, 2.05) is 13.8 Å². The molecule has 1 heterocycles. The van der Waals surface area contributed by atoms with Gasteiger partial charge >= 0.3 is 5.97 Å². The molecular weight excluding hydrogens is 368 g/mol. The lowest BCUT2D eigenvalue weighted by molar-refractivity contribution is -0.123. The van der Waals surface area contributed by atoms with Crippen LogP contribution in [-0.2, 0) is 9.53 Å². The Labute approximate surface area is 161 Å². The van der Waals surface area contributed by atoms with Crippen molar-refractivity contribution in [3.8, 4) is 5.75 Å². The molecule has 0 aliphatic carbocycles. The Balaban J connectivity index is 1.98. The molecule has 27 heavy (non-hydrogen) atoms. The van der Waals surface area contributed by atoms with E-state index >= 15 is 0 Å². The molecule has 2 aromatic rings. The molecule has 0 aliphatic rings. The van der Waals surface area contributed by atoms with Crippen LogP contribution in [0.25, 0.3) is 0 Å². The van der Waals surface area contributed by atoms with Gasteiger partial charge in [-0.2, -0.15) is 0 Å². The number of hydrogen-bond acceptors (Lipinski definition) is 6. The van der Waals surface area contributed by atoms with Crippen LogP contribution in [0.5, 0.6) is 5.75 Å². The average Bonchev–Trinajstić information content (AvgIpc) is 3.08. The molecule has 2 rings (SSSR count). The van der Waals surface area contributed by atoms with E-state index in [1.165, 1.54) is 13.0 Å². The lowest BCUT2D eigenvalue weighted by Gasteiger charge is -2.14. The molecule has 3 N–H and O–H groups in total. The fraction of sp³-hybridized carbons (Fsp3) is 0.316. The largest absolute Gasteiger partial charge is 0.493 e. The third-order valence-electron chi connectivity index (χ3n) is 3.47. The molecule has 0 saturated heterocycles. The van der Waals surface area contributed by atoms with Gasteiger partial charge in [0.15, 0.2) is 6.10 Å². The van der Waals surface area contributed by atoms with Gasteiger partial charge in [0.1, 0.15) is 10.8 Å². The van der Waals surface area contributed by atoms with E-state index in [0.29, 0.717) is 23.3 Å².